The van der Waals surface area contributed by atoms with Gasteiger partial charge in [-0.3, -0.25) is 9.78 Å². The highest BCUT2D eigenvalue weighted by Gasteiger charge is 2.30. The minimum absolute atomic E-state index is 0.173. The Balaban J connectivity index is 1.34. The number of aliphatic carboxylic acids is 1. The number of carboxylic acid groups (broad SMARTS) is 1. The number of piperidine rings is 1. The molecule has 1 saturated heterocycles. The lowest BCUT2D eigenvalue weighted by atomic mass is 9.79. The van der Waals surface area contributed by atoms with E-state index in [0.29, 0.717) is 30.1 Å². The maximum Gasteiger partial charge on any atom is 0.303 e. The second-order valence-corrected chi connectivity index (χ2v) is 10.5. The Labute approximate surface area is 219 Å². The number of ether oxygens (including phenoxy) is 1. The van der Waals surface area contributed by atoms with Crippen molar-refractivity contribution in [2.45, 2.75) is 58.0 Å². The predicted octanol–water partition coefficient (Wildman–Crippen LogP) is 6.78. The van der Waals surface area contributed by atoms with E-state index >= 15 is 4.39 Å². The van der Waals surface area contributed by atoms with E-state index in [1.165, 1.54) is 11.1 Å². The molecule has 1 aliphatic rings. The van der Waals surface area contributed by atoms with Crippen LogP contribution in [0.3, 0.4) is 0 Å². The third kappa shape index (κ3) is 7.51. The van der Waals surface area contributed by atoms with Crippen LogP contribution in [0, 0.1) is 18.8 Å². The number of methoxy groups -OCH3 is 1. The van der Waals surface area contributed by atoms with E-state index in [1.54, 1.807) is 19.4 Å². The molecule has 2 heterocycles. The Kier molecular flexibility index (Phi) is 9.51. The highest BCUT2D eigenvalue weighted by molar-refractivity contribution is 5.83. The van der Waals surface area contributed by atoms with E-state index in [0.717, 1.165) is 56.2 Å². The van der Waals surface area contributed by atoms with Crippen LogP contribution >= 0.6 is 0 Å². The standard InChI is InChI=1S/C31H39FN2O3/c1-22-5-7-23(8-6-22)4-3-18-34-19-16-24(25(21-34)10-14-31(35)36)9-12-29(32)27-15-17-33-30-13-11-26(37-2)20-28(27)30/h5-8,11,13,15,17,20,24-25,29H,3-4,9-10,12,14,16,18-19,21H2,1-2H3,(H,35,36)/t24-,25-,29-/m1/s1. The fourth-order valence-corrected chi connectivity index (χ4v) is 5.70. The fraction of sp³-hybridized carbons (Fsp3) is 0.484. The molecular formula is C31H39FN2O3. The van der Waals surface area contributed by atoms with Gasteiger partial charge in [0.15, 0.2) is 0 Å². The number of aromatic nitrogens is 1. The number of nitrogens with zero attached hydrogens (tertiary/aromatic N) is 2. The number of benzene rings is 2. The quantitative estimate of drug-likeness (QED) is 0.293. The number of alkyl halides is 1. The van der Waals surface area contributed by atoms with Gasteiger partial charge in [-0.2, -0.15) is 0 Å². The third-order valence-electron chi connectivity index (χ3n) is 7.88. The average Bonchev–Trinajstić information content (AvgIpc) is 2.91. The molecule has 0 amide bonds. The van der Waals surface area contributed by atoms with Gasteiger partial charge in [0.2, 0.25) is 0 Å². The SMILES string of the molecule is COc1ccc2nccc([C@H](F)CC[C@@H]3CCN(CCCc4ccc(C)cc4)C[C@H]3CCC(=O)O)c2c1. The molecule has 6 heteroatoms. The molecule has 4 rings (SSSR count). The maximum atomic E-state index is 15.6. The summed E-state index contributed by atoms with van der Waals surface area (Å²) in [5, 5.41) is 10.1. The Morgan fingerprint density at radius 1 is 1.16 bits per heavy atom. The minimum Gasteiger partial charge on any atom is -0.497 e. The van der Waals surface area contributed by atoms with E-state index in [4.69, 9.17) is 4.74 Å². The van der Waals surface area contributed by atoms with Crippen molar-refractivity contribution in [2.24, 2.45) is 11.8 Å². The zero-order valence-corrected chi connectivity index (χ0v) is 22.0. The Bertz CT molecular complexity index is 1170. The predicted molar refractivity (Wildman–Crippen MR) is 146 cm³/mol. The molecule has 0 spiro atoms. The minimum atomic E-state index is -1.09. The van der Waals surface area contributed by atoms with Gasteiger partial charge in [0, 0.05) is 24.5 Å². The normalized spacial score (nSPS) is 19.1. The molecule has 1 N–H and O–H groups in total. The van der Waals surface area contributed by atoms with Gasteiger partial charge in [-0.05, 0) is 106 Å². The molecule has 2 aromatic carbocycles. The van der Waals surface area contributed by atoms with E-state index in [-0.39, 0.29) is 12.3 Å². The second kappa shape index (κ2) is 13.0. The maximum absolute atomic E-state index is 15.6. The van der Waals surface area contributed by atoms with Crippen LogP contribution < -0.4 is 4.74 Å². The summed E-state index contributed by atoms with van der Waals surface area (Å²) < 4.78 is 20.9. The summed E-state index contributed by atoms with van der Waals surface area (Å²) in [5.41, 5.74) is 4.05. The summed E-state index contributed by atoms with van der Waals surface area (Å²) in [6.07, 6.45) is 5.72. The van der Waals surface area contributed by atoms with Gasteiger partial charge in [0.25, 0.3) is 0 Å². The Morgan fingerprint density at radius 3 is 2.73 bits per heavy atom. The van der Waals surface area contributed by atoms with E-state index in [9.17, 15) is 9.90 Å². The first-order valence-electron chi connectivity index (χ1n) is 13.5. The number of hydrogen-bond donors (Lipinski definition) is 1. The molecule has 0 unspecified atom stereocenters. The zero-order chi connectivity index (χ0) is 26.2. The molecule has 1 aliphatic heterocycles. The monoisotopic (exact) mass is 506 g/mol. The third-order valence-corrected chi connectivity index (χ3v) is 7.88. The number of fused-ring (bicyclic) bond motifs is 1. The van der Waals surface area contributed by atoms with Crippen LogP contribution in [0.5, 0.6) is 5.75 Å². The number of rotatable bonds is 12. The summed E-state index contributed by atoms with van der Waals surface area (Å²) in [7, 11) is 1.61. The van der Waals surface area contributed by atoms with E-state index in [2.05, 4.69) is 41.1 Å². The molecule has 0 aliphatic carbocycles. The lowest BCUT2D eigenvalue weighted by Gasteiger charge is -2.39. The first kappa shape index (κ1) is 27.1. The number of halogens is 1. The van der Waals surface area contributed by atoms with Crippen molar-refractivity contribution in [3.8, 4) is 5.75 Å². The smallest absolute Gasteiger partial charge is 0.303 e. The van der Waals surface area contributed by atoms with E-state index in [1.807, 2.05) is 18.2 Å². The molecule has 0 saturated carbocycles. The van der Waals surface area contributed by atoms with Crippen molar-refractivity contribution < 1.29 is 19.0 Å². The summed E-state index contributed by atoms with van der Waals surface area (Å²) >= 11 is 0. The van der Waals surface area contributed by atoms with E-state index < -0.39 is 12.1 Å². The number of pyridine rings is 1. The number of hydrogen-bond acceptors (Lipinski definition) is 4. The van der Waals surface area contributed by atoms with Gasteiger partial charge < -0.3 is 14.7 Å². The van der Waals surface area contributed by atoms with Crippen molar-refractivity contribution >= 4 is 16.9 Å². The molecule has 0 radical (unpaired) electrons. The Morgan fingerprint density at radius 2 is 1.97 bits per heavy atom. The first-order valence-corrected chi connectivity index (χ1v) is 13.5. The zero-order valence-electron chi connectivity index (χ0n) is 22.0. The van der Waals surface area contributed by atoms with Crippen molar-refractivity contribution in [2.75, 3.05) is 26.7 Å². The van der Waals surface area contributed by atoms with Crippen molar-refractivity contribution in [3.63, 3.8) is 0 Å². The lowest BCUT2D eigenvalue weighted by molar-refractivity contribution is -0.137. The fourth-order valence-electron chi connectivity index (χ4n) is 5.70. The first-order chi connectivity index (χ1) is 17.9. The van der Waals surface area contributed by atoms with Crippen LogP contribution in [0.15, 0.2) is 54.7 Å². The number of aryl methyl sites for hydroxylation is 2. The number of carbonyl (C=O) groups is 1. The molecule has 3 atom stereocenters. The summed E-state index contributed by atoms with van der Waals surface area (Å²) in [6, 6.07) is 16.0. The lowest BCUT2D eigenvalue weighted by Crippen LogP contribution is -2.41. The van der Waals surface area contributed by atoms with Crippen molar-refractivity contribution in [3.05, 3.63) is 71.4 Å². The molecule has 198 valence electrons. The summed E-state index contributed by atoms with van der Waals surface area (Å²) in [6.45, 7) is 5.01. The second-order valence-electron chi connectivity index (χ2n) is 10.5. The molecule has 1 fully saturated rings. The van der Waals surface area contributed by atoms with Gasteiger partial charge in [-0.1, -0.05) is 29.8 Å². The molecule has 37 heavy (non-hydrogen) atoms. The van der Waals surface area contributed by atoms with Crippen LogP contribution in [-0.4, -0.2) is 47.7 Å². The molecule has 5 nitrogen and oxygen atoms in total. The largest absolute Gasteiger partial charge is 0.497 e. The van der Waals surface area contributed by atoms with Crippen LogP contribution in [0.1, 0.15) is 61.4 Å². The van der Waals surface area contributed by atoms with Crippen molar-refractivity contribution in [1.29, 1.82) is 0 Å². The number of carboxylic acids is 1. The molecular weight excluding hydrogens is 467 g/mol. The van der Waals surface area contributed by atoms with Gasteiger partial charge >= 0.3 is 5.97 Å². The van der Waals surface area contributed by atoms with Crippen LogP contribution in [0.25, 0.3) is 10.9 Å². The van der Waals surface area contributed by atoms with Gasteiger partial charge in [0.05, 0.1) is 12.6 Å². The van der Waals surface area contributed by atoms with Gasteiger partial charge in [-0.25, -0.2) is 4.39 Å². The Hall–Kier alpha value is -2.99. The average molecular weight is 507 g/mol. The molecule has 0 bridgehead atoms. The highest BCUT2D eigenvalue weighted by atomic mass is 19.1. The van der Waals surface area contributed by atoms with Gasteiger partial charge in [0.1, 0.15) is 11.9 Å². The van der Waals surface area contributed by atoms with Crippen LogP contribution in [-0.2, 0) is 11.2 Å². The van der Waals surface area contributed by atoms with Gasteiger partial charge in [-0.15, -0.1) is 0 Å². The summed E-state index contributed by atoms with van der Waals surface area (Å²) in [4.78, 5) is 18.2. The highest BCUT2D eigenvalue weighted by Crippen LogP contribution is 2.36. The van der Waals surface area contributed by atoms with Crippen LogP contribution in [0.2, 0.25) is 0 Å². The molecule has 3 aromatic rings. The van der Waals surface area contributed by atoms with Crippen molar-refractivity contribution in [1.82, 2.24) is 9.88 Å². The molecule has 1 aromatic heterocycles. The summed E-state index contributed by atoms with van der Waals surface area (Å²) in [5.74, 6) is 0.563. The topological polar surface area (TPSA) is 62.7 Å². The van der Waals surface area contributed by atoms with Crippen LogP contribution in [0.4, 0.5) is 4.39 Å². The number of likely N-dealkylation sites (tertiary alicyclic amines) is 1.